The highest BCUT2D eigenvalue weighted by Gasteiger charge is 2.30. The minimum Gasteiger partial charge on any atom is -0.350 e. The molecule has 0 atom stereocenters. The Morgan fingerprint density at radius 3 is 2.65 bits per heavy atom. The molecule has 8 nitrogen and oxygen atoms in total. The number of nitro benzene ring substituents is 1. The van der Waals surface area contributed by atoms with E-state index in [1.807, 2.05) is 6.92 Å². The Morgan fingerprint density at radius 1 is 1.31 bits per heavy atom. The van der Waals surface area contributed by atoms with E-state index in [2.05, 4.69) is 10.2 Å². The normalized spacial score (nSPS) is 19.6. The monoisotopic (exact) mass is 363 g/mol. The van der Waals surface area contributed by atoms with Crippen LogP contribution in [-0.4, -0.2) is 54.9 Å². The molecule has 1 aromatic rings. The van der Waals surface area contributed by atoms with Crippen LogP contribution in [0.25, 0.3) is 0 Å². The lowest BCUT2D eigenvalue weighted by molar-refractivity contribution is -0.384. The van der Waals surface area contributed by atoms with Crippen LogP contribution in [0, 0.1) is 23.0 Å². The lowest BCUT2D eigenvalue weighted by atomic mass is 9.96. The van der Waals surface area contributed by atoms with Crippen molar-refractivity contribution in [3.8, 4) is 0 Å². The number of carbonyl (C=O) groups excluding carboxylic acids is 1. The summed E-state index contributed by atoms with van der Waals surface area (Å²) in [6.07, 6.45) is 2.33. The molecule has 142 valence electrons. The van der Waals surface area contributed by atoms with Crippen LogP contribution in [0.4, 0.5) is 11.4 Å². The lowest BCUT2D eigenvalue weighted by Crippen LogP contribution is -2.39. The van der Waals surface area contributed by atoms with E-state index in [1.54, 1.807) is 6.07 Å². The third-order valence-electron chi connectivity index (χ3n) is 5.03. The van der Waals surface area contributed by atoms with E-state index in [9.17, 15) is 14.9 Å². The van der Waals surface area contributed by atoms with Crippen molar-refractivity contribution in [2.75, 3.05) is 38.2 Å². The van der Waals surface area contributed by atoms with Gasteiger partial charge in [-0.15, -0.1) is 0 Å². The molecule has 3 rings (SSSR count). The molecule has 2 heterocycles. The van der Waals surface area contributed by atoms with E-state index in [0.717, 1.165) is 31.5 Å². The van der Waals surface area contributed by atoms with Gasteiger partial charge in [0.1, 0.15) is 0 Å². The van der Waals surface area contributed by atoms with Crippen molar-refractivity contribution in [2.45, 2.75) is 32.5 Å². The van der Waals surface area contributed by atoms with Gasteiger partial charge in [0.2, 0.25) is 5.91 Å². The predicted octanol–water partition coefficient (Wildman–Crippen LogP) is 2.32. The Balaban J connectivity index is 1.43. The molecule has 0 saturated carbocycles. The second kappa shape index (κ2) is 8.57. The molecule has 1 N–H and O–H groups in total. The number of piperidine rings is 1. The zero-order chi connectivity index (χ0) is 18.5. The molecular formula is C18H25N3O5. The van der Waals surface area contributed by atoms with Crippen LogP contribution in [-0.2, 0) is 14.3 Å². The molecular weight excluding hydrogens is 338 g/mol. The van der Waals surface area contributed by atoms with Crippen LogP contribution in [0.2, 0.25) is 0 Å². The van der Waals surface area contributed by atoms with E-state index in [0.29, 0.717) is 37.8 Å². The number of rotatable bonds is 6. The minimum absolute atomic E-state index is 0.0238. The Labute approximate surface area is 152 Å². The van der Waals surface area contributed by atoms with Crippen LogP contribution >= 0.6 is 0 Å². The van der Waals surface area contributed by atoms with Crippen LogP contribution < -0.4 is 5.32 Å². The Morgan fingerprint density at radius 2 is 2.00 bits per heavy atom. The fourth-order valence-electron chi connectivity index (χ4n) is 3.43. The van der Waals surface area contributed by atoms with Crippen molar-refractivity contribution < 1.29 is 19.2 Å². The van der Waals surface area contributed by atoms with E-state index in [-0.39, 0.29) is 17.9 Å². The molecule has 8 heteroatoms. The standard InChI is InChI=1S/C18H25N3O5/c1-13-2-3-15(21(23)24)12-16(13)19-17(22)6-9-20-7-4-14(5-8-20)18-25-10-11-26-18/h2-3,12,14,18H,4-11H2,1H3,(H,19,22). The molecule has 26 heavy (non-hydrogen) atoms. The number of amides is 1. The van der Waals surface area contributed by atoms with Gasteiger partial charge in [-0.2, -0.15) is 0 Å². The van der Waals surface area contributed by atoms with Crippen molar-refractivity contribution in [2.24, 2.45) is 5.92 Å². The number of anilines is 1. The Bertz CT molecular complexity index is 652. The van der Waals surface area contributed by atoms with Gasteiger partial charge in [-0.05, 0) is 38.4 Å². The molecule has 0 aliphatic carbocycles. The zero-order valence-corrected chi connectivity index (χ0v) is 15.0. The fraction of sp³-hybridized carbons (Fsp3) is 0.611. The smallest absolute Gasteiger partial charge is 0.271 e. The van der Waals surface area contributed by atoms with Crippen molar-refractivity contribution in [1.82, 2.24) is 4.90 Å². The first kappa shape index (κ1) is 18.8. The number of nitrogens with one attached hydrogen (secondary N) is 1. The molecule has 2 aliphatic heterocycles. The van der Waals surface area contributed by atoms with E-state index >= 15 is 0 Å². The van der Waals surface area contributed by atoms with E-state index in [4.69, 9.17) is 9.47 Å². The summed E-state index contributed by atoms with van der Waals surface area (Å²) in [4.78, 5) is 24.9. The number of ether oxygens (including phenoxy) is 2. The second-order valence-corrected chi connectivity index (χ2v) is 6.84. The van der Waals surface area contributed by atoms with Crippen molar-refractivity contribution in [3.05, 3.63) is 33.9 Å². The highest BCUT2D eigenvalue weighted by Crippen LogP contribution is 2.26. The van der Waals surface area contributed by atoms with Crippen LogP contribution in [0.15, 0.2) is 18.2 Å². The highest BCUT2D eigenvalue weighted by molar-refractivity contribution is 5.92. The van der Waals surface area contributed by atoms with Gasteiger partial charge < -0.3 is 19.7 Å². The number of non-ortho nitro benzene ring substituents is 1. The molecule has 1 aromatic carbocycles. The average Bonchev–Trinajstić information content (AvgIpc) is 3.17. The quantitative estimate of drug-likeness (QED) is 0.616. The van der Waals surface area contributed by atoms with Gasteiger partial charge >= 0.3 is 0 Å². The predicted molar refractivity (Wildman–Crippen MR) is 95.9 cm³/mol. The van der Waals surface area contributed by atoms with Gasteiger partial charge in [-0.1, -0.05) is 6.07 Å². The molecule has 0 unspecified atom stereocenters. The number of hydrogen-bond acceptors (Lipinski definition) is 6. The molecule has 0 aromatic heterocycles. The summed E-state index contributed by atoms with van der Waals surface area (Å²) in [5.41, 5.74) is 1.28. The third-order valence-corrected chi connectivity index (χ3v) is 5.03. The largest absolute Gasteiger partial charge is 0.350 e. The maximum Gasteiger partial charge on any atom is 0.271 e. The van der Waals surface area contributed by atoms with Crippen molar-refractivity contribution >= 4 is 17.3 Å². The number of aryl methyl sites for hydroxylation is 1. The molecule has 2 saturated heterocycles. The van der Waals surface area contributed by atoms with Gasteiger partial charge in [0.15, 0.2) is 6.29 Å². The summed E-state index contributed by atoms with van der Waals surface area (Å²) in [5, 5.41) is 13.7. The number of likely N-dealkylation sites (tertiary alicyclic amines) is 1. The second-order valence-electron chi connectivity index (χ2n) is 6.84. The lowest BCUT2D eigenvalue weighted by Gasteiger charge is -2.33. The molecule has 0 radical (unpaired) electrons. The van der Waals surface area contributed by atoms with Gasteiger partial charge in [-0.3, -0.25) is 14.9 Å². The number of nitrogens with zero attached hydrogens (tertiary/aromatic N) is 2. The number of carbonyl (C=O) groups is 1. The van der Waals surface area contributed by atoms with Gasteiger partial charge in [0.25, 0.3) is 5.69 Å². The summed E-state index contributed by atoms with van der Waals surface area (Å²) in [6, 6.07) is 4.49. The number of nitro groups is 1. The topological polar surface area (TPSA) is 93.9 Å². The van der Waals surface area contributed by atoms with Gasteiger partial charge in [-0.25, -0.2) is 0 Å². The van der Waals surface area contributed by atoms with Crippen LogP contribution in [0.5, 0.6) is 0 Å². The SMILES string of the molecule is Cc1ccc([N+](=O)[O-])cc1NC(=O)CCN1CCC(C2OCCO2)CC1. The minimum atomic E-state index is -0.461. The van der Waals surface area contributed by atoms with E-state index < -0.39 is 4.92 Å². The molecule has 1 amide bonds. The Kier molecular flexibility index (Phi) is 6.18. The molecule has 2 aliphatic rings. The maximum atomic E-state index is 12.2. The summed E-state index contributed by atoms with van der Waals surface area (Å²) < 4.78 is 11.2. The first-order valence-electron chi connectivity index (χ1n) is 9.03. The first-order chi connectivity index (χ1) is 12.5. The van der Waals surface area contributed by atoms with Crippen LogP contribution in [0.1, 0.15) is 24.8 Å². The molecule has 0 bridgehead atoms. The third kappa shape index (κ3) is 4.78. The molecule has 2 fully saturated rings. The van der Waals surface area contributed by atoms with Crippen molar-refractivity contribution in [1.29, 1.82) is 0 Å². The number of benzene rings is 1. The highest BCUT2D eigenvalue weighted by atomic mass is 16.7. The van der Waals surface area contributed by atoms with E-state index in [1.165, 1.54) is 12.1 Å². The fourth-order valence-corrected chi connectivity index (χ4v) is 3.43. The summed E-state index contributed by atoms with van der Waals surface area (Å²) in [5.74, 6) is 0.313. The van der Waals surface area contributed by atoms with Gasteiger partial charge in [0.05, 0.1) is 23.8 Å². The van der Waals surface area contributed by atoms with Gasteiger partial charge in [0, 0.05) is 31.0 Å². The van der Waals surface area contributed by atoms with Crippen LogP contribution in [0.3, 0.4) is 0 Å². The summed E-state index contributed by atoms with van der Waals surface area (Å²) in [7, 11) is 0. The number of hydrogen-bond donors (Lipinski definition) is 1. The Hall–Kier alpha value is -2.03. The average molecular weight is 363 g/mol. The molecule has 0 spiro atoms. The zero-order valence-electron chi connectivity index (χ0n) is 15.0. The summed E-state index contributed by atoms with van der Waals surface area (Å²) in [6.45, 7) is 5.72. The van der Waals surface area contributed by atoms with Crippen molar-refractivity contribution in [3.63, 3.8) is 0 Å². The summed E-state index contributed by atoms with van der Waals surface area (Å²) >= 11 is 0. The first-order valence-corrected chi connectivity index (χ1v) is 9.03. The maximum absolute atomic E-state index is 12.2.